The van der Waals surface area contributed by atoms with E-state index in [9.17, 15) is 4.79 Å². The van der Waals surface area contributed by atoms with Crippen LogP contribution in [0.4, 0.5) is 4.79 Å². The van der Waals surface area contributed by atoms with Crippen molar-refractivity contribution in [2.45, 2.75) is 58.7 Å². The van der Waals surface area contributed by atoms with Gasteiger partial charge in [0.15, 0.2) is 0 Å². The predicted molar refractivity (Wildman–Crippen MR) is 62.4 cm³/mol. The molecule has 1 saturated heterocycles. The first-order valence-electron chi connectivity index (χ1n) is 5.94. The van der Waals surface area contributed by atoms with Crippen molar-refractivity contribution in [3.8, 4) is 0 Å². The van der Waals surface area contributed by atoms with Crippen LogP contribution in [-0.4, -0.2) is 41.9 Å². The van der Waals surface area contributed by atoms with Crippen LogP contribution in [-0.2, 0) is 9.47 Å². The lowest BCUT2D eigenvalue weighted by Crippen LogP contribution is -2.54. The highest BCUT2D eigenvalue weighted by atomic mass is 16.6. The van der Waals surface area contributed by atoms with Crippen LogP contribution in [0.3, 0.4) is 0 Å². The normalized spacial score (nSPS) is 26.7. The molecule has 1 aliphatic rings. The van der Waals surface area contributed by atoms with Gasteiger partial charge in [-0.15, -0.1) is 0 Å². The molecule has 0 spiro atoms. The van der Waals surface area contributed by atoms with E-state index < -0.39 is 5.60 Å². The number of rotatable bonds is 1. The number of carbonyl (C=O) groups is 1. The summed E-state index contributed by atoms with van der Waals surface area (Å²) in [6.45, 7) is 10.9. The van der Waals surface area contributed by atoms with Crippen LogP contribution in [0.15, 0.2) is 0 Å². The molecule has 4 heteroatoms. The molecule has 0 saturated carbocycles. The van der Waals surface area contributed by atoms with Crippen LogP contribution < -0.4 is 0 Å². The van der Waals surface area contributed by atoms with Gasteiger partial charge in [-0.1, -0.05) is 6.92 Å². The van der Waals surface area contributed by atoms with Gasteiger partial charge in [0.1, 0.15) is 5.60 Å². The topological polar surface area (TPSA) is 38.8 Å². The number of ether oxygens (including phenoxy) is 2. The van der Waals surface area contributed by atoms with E-state index in [0.717, 1.165) is 6.42 Å². The van der Waals surface area contributed by atoms with Crippen molar-refractivity contribution in [2.75, 3.05) is 13.2 Å². The predicted octanol–water partition coefficient (Wildman–Crippen LogP) is 2.42. The van der Waals surface area contributed by atoms with E-state index in [-0.39, 0.29) is 18.2 Å². The summed E-state index contributed by atoms with van der Waals surface area (Å²) in [4.78, 5) is 13.9. The van der Waals surface area contributed by atoms with Crippen LogP contribution in [0.1, 0.15) is 41.0 Å². The van der Waals surface area contributed by atoms with E-state index in [2.05, 4.69) is 6.92 Å². The molecule has 0 aromatic rings. The number of hydrogen-bond acceptors (Lipinski definition) is 3. The number of morpholine rings is 1. The summed E-state index contributed by atoms with van der Waals surface area (Å²) >= 11 is 0. The minimum Gasteiger partial charge on any atom is -0.444 e. The summed E-state index contributed by atoms with van der Waals surface area (Å²) in [5, 5.41) is 0. The first-order valence-corrected chi connectivity index (χ1v) is 5.94. The van der Waals surface area contributed by atoms with Crippen molar-refractivity contribution in [3.05, 3.63) is 0 Å². The maximum atomic E-state index is 12.0. The Kier molecular flexibility index (Phi) is 4.19. The van der Waals surface area contributed by atoms with Gasteiger partial charge >= 0.3 is 6.09 Å². The van der Waals surface area contributed by atoms with E-state index in [1.807, 2.05) is 32.6 Å². The molecule has 0 bridgehead atoms. The van der Waals surface area contributed by atoms with Gasteiger partial charge in [0.2, 0.25) is 0 Å². The quantitative estimate of drug-likeness (QED) is 0.693. The van der Waals surface area contributed by atoms with Gasteiger partial charge in [-0.25, -0.2) is 4.79 Å². The highest BCUT2D eigenvalue weighted by Crippen LogP contribution is 2.19. The molecule has 1 heterocycles. The van der Waals surface area contributed by atoms with Gasteiger partial charge in [0.25, 0.3) is 0 Å². The lowest BCUT2D eigenvalue weighted by atomic mass is 10.1. The molecule has 16 heavy (non-hydrogen) atoms. The second-order valence-electron chi connectivity index (χ2n) is 5.34. The Balaban J connectivity index is 2.70. The first kappa shape index (κ1) is 13.3. The zero-order valence-corrected chi connectivity index (χ0v) is 10.9. The summed E-state index contributed by atoms with van der Waals surface area (Å²) in [5.41, 5.74) is -0.437. The minimum absolute atomic E-state index is 0.0912. The molecule has 0 aliphatic carbocycles. The van der Waals surface area contributed by atoms with Crippen molar-refractivity contribution in [3.63, 3.8) is 0 Å². The maximum absolute atomic E-state index is 12.0. The number of amides is 1. The molecule has 1 fully saturated rings. The van der Waals surface area contributed by atoms with Crippen LogP contribution in [0.5, 0.6) is 0 Å². The fraction of sp³-hybridized carbons (Fsp3) is 0.917. The lowest BCUT2D eigenvalue weighted by Gasteiger charge is -2.40. The Hall–Kier alpha value is -0.770. The third kappa shape index (κ3) is 3.37. The average molecular weight is 229 g/mol. The SMILES string of the molecule is CC[C@H]1COC[C@H](C)N1C(=O)OC(C)(C)C. The zero-order valence-electron chi connectivity index (χ0n) is 10.9. The number of nitrogens with zero attached hydrogens (tertiary/aromatic N) is 1. The molecular formula is C12H23NO3. The van der Waals surface area contributed by atoms with Crippen LogP contribution in [0.25, 0.3) is 0 Å². The summed E-state index contributed by atoms with van der Waals surface area (Å²) in [5.74, 6) is 0. The van der Waals surface area contributed by atoms with E-state index >= 15 is 0 Å². The Morgan fingerprint density at radius 3 is 2.56 bits per heavy atom. The third-order valence-electron chi connectivity index (χ3n) is 2.61. The molecule has 0 aromatic carbocycles. The molecule has 2 atom stereocenters. The molecule has 94 valence electrons. The Labute approximate surface area is 97.9 Å². The fourth-order valence-corrected chi connectivity index (χ4v) is 1.85. The summed E-state index contributed by atoms with van der Waals surface area (Å²) in [6, 6.07) is 0.229. The van der Waals surface area contributed by atoms with Gasteiger partial charge in [0, 0.05) is 0 Å². The van der Waals surface area contributed by atoms with E-state index in [1.54, 1.807) is 0 Å². The van der Waals surface area contributed by atoms with Crippen LogP contribution in [0.2, 0.25) is 0 Å². The summed E-state index contributed by atoms with van der Waals surface area (Å²) < 4.78 is 10.9. The van der Waals surface area contributed by atoms with Crippen molar-refractivity contribution in [1.82, 2.24) is 4.90 Å². The maximum Gasteiger partial charge on any atom is 0.410 e. The van der Waals surface area contributed by atoms with E-state index in [4.69, 9.17) is 9.47 Å². The number of carbonyl (C=O) groups excluding carboxylic acids is 1. The minimum atomic E-state index is -0.437. The Morgan fingerprint density at radius 1 is 1.44 bits per heavy atom. The Bertz CT molecular complexity index is 247. The summed E-state index contributed by atoms with van der Waals surface area (Å²) in [6.07, 6.45) is 0.666. The standard InChI is InChI=1S/C12H23NO3/c1-6-10-8-15-7-9(2)13(10)11(14)16-12(3,4)5/h9-10H,6-8H2,1-5H3/t9-,10-/m0/s1. The average Bonchev–Trinajstić information content (AvgIpc) is 2.14. The molecule has 0 unspecified atom stereocenters. The monoisotopic (exact) mass is 229 g/mol. The van der Waals surface area contributed by atoms with Gasteiger partial charge in [-0.05, 0) is 34.1 Å². The molecule has 1 rings (SSSR count). The molecule has 1 aliphatic heterocycles. The van der Waals surface area contributed by atoms with Crippen molar-refractivity contribution in [2.24, 2.45) is 0 Å². The van der Waals surface area contributed by atoms with Crippen molar-refractivity contribution in [1.29, 1.82) is 0 Å². The number of hydrogen-bond donors (Lipinski definition) is 0. The van der Waals surface area contributed by atoms with Gasteiger partial charge < -0.3 is 9.47 Å². The van der Waals surface area contributed by atoms with Crippen molar-refractivity contribution < 1.29 is 14.3 Å². The smallest absolute Gasteiger partial charge is 0.410 e. The second kappa shape index (κ2) is 5.04. The molecule has 0 N–H and O–H groups in total. The largest absolute Gasteiger partial charge is 0.444 e. The lowest BCUT2D eigenvalue weighted by molar-refractivity contribution is -0.0568. The van der Waals surface area contributed by atoms with Gasteiger partial charge in [0.05, 0.1) is 25.3 Å². The molecular weight excluding hydrogens is 206 g/mol. The molecule has 0 aromatic heterocycles. The van der Waals surface area contributed by atoms with E-state index in [0.29, 0.717) is 13.2 Å². The second-order valence-corrected chi connectivity index (χ2v) is 5.34. The highest BCUT2D eigenvalue weighted by molar-refractivity contribution is 5.69. The Morgan fingerprint density at radius 2 is 2.06 bits per heavy atom. The third-order valence-corrected chi connectivity index (χ3v) is 2.61. The van der Waals surface area contributed by atoms with E-state index in [1.165, 1.54) is 0 Å². The van der Waals surface area contributed by atoms with Gasteiger partial charge in [-0.3, -0.25) is 4.90 Å². The zero-order chi connectivity index (χ0) is 12.3. The highest BCUT2D eigenvalue weighted by Gasteiger charge is 2.34. The van der Waals surface area contributed by atoms with Crippen LogP contribution >= 0.6 is 0 Å². The van der Waals surface area contributed by atoms with Gasteiger partial charge in [-0.2, -0.15) is 0 Å². The molecule has 0 radical (unpaired) electrons. The first-order chi connectivity index (χ1) is 7.35. The summed E-state index contributed by atoms with van der Waals surface area (Å²) in [7, 11) is 0. The molecule has 1 amide bonds. The van der Waals surface area contributed by atoms with Crippen molar-refractivity contribution >= 4 is 6.09 Å². The molecule has 4 nitrogen and oxygen atoms in total. The fourth-order valence-electron chi connectivity index (χ4n) is 1.85. The van der Waals surface area contributed by atoms with Crippen LogP contribution in [0, 0.1) is 0 Å².